The maximum absolute atomic E-state index is 12.9. The van der Waals surface area contributed by atoms with Crippen LogP contribution in [0.15, 0.2) is 60.9 Å². The summed E-state index contributed by atoms with van der Waals surface area (Å²) >= 11 is 0. The Labute approximate surface area is 185 Å². The lowest BCUT2D eigenvalue weighted by Gasteiger charge is -2.22. The first kappa shape index (κ1) is 20.0. The molecule has 4 aromatic rings. The van der Waals surface area contributed by atoms with Crippen LogP contribution < -0.4 is 10.6 Å². The second kappa shape index (κ2) is 7.64. The van der Waals surface area contributed by atoms with Crippen molar-refractivity contribution in [3.63, 3.8) is 0 Å². The highest BCUT2D eigenvalue weighted by atomic mass is 16.2. The quantitative estimate of drug-likeness (QED) is 0.522. The molecule has 5 rings (SSSR count). The Morgan fingerprint density at radius 2 is 2.00 bits per heavy atom. The third kappa shape index (κ3) is 3.87. The van der Waals surface area contributed by atoms with Gasteiger partial charge in [0.25, 0.3) is 11.8 Å². The third-order valence-electron chi connectivity index (χ3n) is 5.60. The van der Waals surface area contributed by atoms with Crippen molar-refractivity contribution in [2.24, 2.45) is 5.41 Å². The molecule has 1 aliphatic heterocycles. The Morgan fingerprint density at radius 1 is 1.19 bits per heavy atom. The van der Waals surface area contributed by atoms with Crippen LogP contribution in [0.4, 0.5) is 5.69 Å². The molecule has 0 unspecified atom stereocenters. The topological polar surface area (TPSA) is 93.8 Å². The highest BCUT2D eigenvalue weighted by Gasteiger charge is 2.29. The van der Waals surface area contributed by atoms with Crippen molar-refractivity contribution in [2.75, 3.05) is 11.9 Å². The van der Waals surface area contributed by atoms with E-state index in [-0.39, 0.29) is 22.9 Å². The summed E-state index contributed by atoms with van der Waals surface area (Å²) in [7, 11) is 0. The van der Waals surface area contributed by atoms with Gasteiger partial charge in [0, 0.05) is 30.1 Å². The van der Waals surface area contributed by atoms with E-state index in [9.17, 15) is 9.59 Å². The zero-order chi connectivity index (χ0) is 22.3. The Hall–Kier alpha value is -3.94. The van der Waals surface area contributed by atoms with Gasteiger partial charge in [-0.25, -0.2) is 4.98 Å². The third-order valence-corrected chi connectivity index (χ3v) is 5.60. The summed E-state index contributed by atoms with van der Waals surface area (Å²) in [5.41, 5.74) is 3.09. The van der Waals surface area contributed by atoms with E-state index >= 15 is 0 Å². The van der Waals surface area contributed by atoms with Gasteiger partial charge in [0.15, 0.2) is 0 Å². The normalized spacial score (nSPS) is 15.1. The van der Waals surface area contributed by atoms with Crippen LogP contribution in [0.25, 0.3) is 11.0 Å². The maximum atomic E-state index is 12.9. The van der Waals surface area contributed by atoms with E-state index in [4.69, 9.17) is 0 Å². The predicted octanol–water partition coefficient (Wildman–Crippen LogP) is 3.30. The van der Waals surface area contributed by atoms with Crippen molar-refractivity contribution in [1.29, 1.82) is 0 Å². The van der Waals surface area contributed by atoms with Crippen molar-refractivity contribution in [1.82, 2.24) is 24.6 Å². The van der Waals surface area contributed by atoms with Gasteiger partial charge in [0.05, 0.1) is 18.4 Å². The summed E-state index contributed by atoms with van der Waals surface area (Å²) < 4.78 is 3.68. The number of carbonyl (C=O) groups excluding carboxylic acids is 2. The molecule has 8 heteroatoms. The molecule has 2 N–H and O–H groups in total. The van der Waals surface area contributed by atoms with Gasteiger partial charge in [-0.1, -0.05) is 44.2 Å². The molecule has 0 aliphatic carbocycles. The van der Waals surface area contributed by atoms with Crippen molar-refractivity contribution in [3.05, 3.63) is 77.9 Å². The number of carbonyl (C=O) groups is 2. The number of benzene rings is 1. The van der Waals surface area contributed by atoms with Crippen LogP contribution >= 0.6 is 0 Å². The number of anilines is 1. The Balaban J connectivity index is 1.39. The molecular weight excluding hydrogens is 404 g/mol. The Bertz CT molecular complexity index is 1320. The summed E-state index contributed by atoms with van der Waals surface area (Å²) in [5.74, 6) is -0.440. The first-order chi connectivity index (χ1) is 15.4. The average molecular weight is 428 g/mol. The lowest BCUT2D eigenvalue weighted by molar-refractivity contribution is 0.0942. The minimum Gasteiger partial charge on any atom is -0.350 e. The van der Waals surface area contributed by atoms with E-state index < -0.39 is 0 Å². The number of hydrogen-bond donors (Lipinski definition) is 2. The average Bonchev–Trinajstić information content (AvgIpc) is 3.33. The Kier molecular flexibility index (Phi) is 4.77. The van der Waals surface area contributed by atoms with E-state index in [2.05, 4.69) is 34.6 Å². The van der Waals surface area contributed by atoms with Crippen LogP contribution in [0.3, 0.4) is 0 Å². The molecule has 4 heterocycles. The second-order valence-corrected chi connectivity index (χ2v) is 8.94. The molecule has 32 heavy (non-hydrogen) atoms. The maximum Gasteiger partial charge on any atom is 0.274 e. The zero-order valence-electron chi connectivity index (χ0n) is 18.0. The van der Waals surface area contributed by atoms with E-state index in [0.717, 1.165) is 10.9 Å². The van der Waals surface area contributed by atoms with Crippen molar-refractivity contribution in [2.45, 2.75) is 26.9 Å². The standard InChI is InChI=1S/C24H24N6O2/c1-24(2)14-25-23(32)20-10-17-8-9-19(28-21(17)30(20)15-24)22(31)27-18-11-26-29(13-18)12-16-6-4-3-5-7-16/h3-11,13H,12,14-15H2,1-2H3,(H,25,32)(H,27,31). The number of rotatable bonds is 4. The van der Waals surface area contributed by atoms with Gasteiger partial charge in [0.1, 0.15) is 17.0 Å². The minimum atomic E-state index is -0.320. The van der Waals surface area contributed by atoms with Crippen molar-refractivity contribution < 1.29 is 9.59 Å². The van der Waals surface area contributed by atoms with Gasteiger partial charge in [-0.15, -0.1) is 0 Å². The number of aromatic nitrogens is 4. The molecular formula is C24H24N6O2. The van der Waals surface area contributed by atoms with E-state index in [1.807, 2.05) is 47.0 Å². The number of nitrogens with zero attached hydrogens (tertiary/aromatic N) is 4. The van der Waals surface area contributed by atoms with Crippen LogP contribution in [0.5, 0.6) is 0 Å². The van der Waals surface area contributed by atoms with Crippen molar-refractivity contribution in [3.8, 4) is 0 Å². The summed E-state index contributed by atoms with van der Waals surface area (Å²) in [5, 5.41) is 11.0. The van der Waals surface area contributed by atoms with Crippen LogP contribution in [-0.2, 0) is 13.1 Å². The number of hydrogen-bond acceptors (Lipinski definition) is 4. The summed E-state index contributed by atoms with van der Waals surface area (Å²) in [6.07, 6.45) is 3.41. The van der Waals surface area contributed by atoms with Gasteiger partial charge in [-0.3, -0.25) is 14.3 Å². The SMILES string of the molecule is CC1(C)CNC(=O)c2cc3ccc(C(=O)Nc4cnn(Cc5ccccc5)c4)nc3n2C1. The summed E-state index contributed by atoms with van der Waals surface area (Å²) in [6, 6.07) is 15.3. The molecule has 2 amide bonds. The zero-order valence-corrected chi connectivity index (χ0v) is 18.0. The van der Waals surface area contributed by atoms with Crippen LogP contribution in [0.2, 0.25) is 0 Å². The Morgan fingerprint density at radius 3 is 2.81 bits per heavy atom. The summed E-state index contributed by atoms with van der Waals surface area (Å²) in [6.45, 7) is 6.03. The fourth-order valence-electron chi connectivity index (χ4n) is 3.98. The molecule has 0 radical (unpaired) electrons. The highest BCUT2D eigenvalue weighted by molar-refractivity contribution is 6.04. The monoisotopic (exact) mass is 428 g/mol. The smallest absolute Gasteiger partial charge is 0.274 e. The minimum absolute atomic E-state index is 0.120. The molecule has 3 aromatic heterocycles. The molecule has 0 spiro atoms. The fourth-order valence-corrected chi connectivity index (χ4v) is 3.98. The van der Waals surface area contributed by atoms with Crippen LogP contribution in [0, 0.1) is 5.41 Å². The molecule has 0 saturated heterocycles. The van der Waals surface area contributed by atoms with Crippen LogP contribution in [0.1, 0.15) is 40.4 Å². The molecule has 162 valence electrons. The van der Waals surface area contributed by atoms with Crippen molar-refractivity contribution >= 4 is 28.5 Å². The first-order valence-corrected chi connectivity index (χ1v) is 10.5. The number of pyridine rings is 1. The largest absolute Gasteiger partial charge is 0.350 e. The highest BCUT2D eigenvalue weighted by Crippen LogP contribution is 2.27. The lowest BCUT2D eigenvalue weighted by atomic mass is 9.94. The predicted molar refractivity (Wildman–Crippen MR) is 122 cm³/mol. The first-order valence-electron chi connectivity index (χ1n) is 10.5. The molecule has 0 atom stereocenters. The van der Waals surface area contributed by atoms with E-state index in [1.165, 1.54) is 0 Å². The van der Waals surface area contributed by atoms with E-state index in [0.29, 0.717) is 36.7 Å². The molecule has 1 aliphatic rings. The molecule has 1 aromatic carbocycles. The lowest BCUT2D eigenvalue weighted by Crippen LogP contribution is -2.31. The van der Waals surface area contributed by atoms with E-state index in [1.54, 1.807) is 23.1 Å². The number of amides is 2. The number of fused-ring (bicyclic) bond motifs is 3. The van der Waals surface area contributed by atoms with Gasteiger partial charge in [-0.05, 0) is 23.8 Å². The molecule has 8 nitrogen and oxygen atoms in total. The van der Waals surface area contributed by atoms with Crippen LogP contribution in [-0.4, -0.2) is 37.7 Å². The second-order valence-electron chi connectivity index (χ2n) is 8.94. The van der Waals surface area contributed by atoms with Gasteiger partial charge in [-0.2, -0.15) is 5.10 Å². The molecule has 0 fully saturated rings. The number of nitrogens with one attached hydrogen (secondary N) is 2. The fraction of sp³-hybridized carbons (Fsp3) is 0.250. The summed E-state index contributed by atoms with van der Waals surface area (Å²) in [4.78, 5) is 30.0. The van der Waals surface area contributed by atoms with Gasteiger partial charge in [0.2, 0.25) is 0 Å². The van der Waals surface area contributed by atoms with Gasteiger partial charge < -0.3 is 15.2 Å². The van der Waals surface area contributed by atoms with Gasteiger partial charge >= 0.3 is 0 Å². The molecule has 0 saturated carbocycles. The molecule has 0 bridgehead atoms.